The highest BCUT2D eigenvalue weighted by Crippen LogP contribution is 2.47. The van der Waals surface area contributed by atoms with E-state index in [4.69, 9.17) is 4.74 Å². The predicted octanol–water partition coefficient (Wildman–Crippen LogP) is 4.32. The Morgan fingerprint density at radius 3 is 2.15 bits per heavy atom. The van der Waals surface area contributed by atoms with Crippen LogP contribution in [-0.4, -0.2) is 17.8 Å². The first-order valence-corrected chi connectivity index (χ1v) is 7.60. The standard InChI is InChI=1S/C18H28O2/c1-13-6-7-15(12-14(13)2)16(19)18(20-5)10-8-17(3,4)9-11-18/h6-7,12,16,19H,8-11H2,1-5H3. The molecule has 1 unspecified atom stereocenters. The highest BCUT2D eigenvalue weighted by Gasteiger charge is 2.44. The van der Waals surface area contributed by atoms with Crippen LogP contribution < -0.4 is 0 Å². The largest absolute Gasteiger partial charge is 0.385 e. The number of aryl methyl sites for hydroxylation is 2. The average Bonchev–Trinajstić information content (AvgIpc) is 2.42. The summed E-state index contributed by atoms with van der Waals surface area (Å²) < 4.78 is 5.81. The lowest BCUT2D eigenvalue weighted by atomic mass is 9.68. The molecule has 1 aliphatic rings. The zero-order valence-corrected chi connectivity index (χ0v) is 13.5. The third kappa shape index (κ3) is 2.91. The molecule has 0 aromatic heterocycles. The molecule has 1 fully saturated rings. The van der Waals surface area contributed by atoms with Gasteiger partial charge in [-0.3, -0.25) is 0 Å². The van der Waals surface area contributed by atoms with Crippen molar-refractivity contribution in [1.29, 1.82) is 0 Å². The van der Waals surface area contributed by atoms with Crippen LogP contribution in [0, 0.1) is 19.3 Å². The fraction of sp³-hybridized carbons (Fsp3) is 0.667. The molecule has 20 heavy (non-hydrogen) atoms. The van der Waals surface area contributed by atoms with E-state index in [9.17, 15) is 5.11 Å². The fourth-order valence-corrected chi connectivity index (χ4v) is 3.18. The molecule has 0 spiro atoms. The Hall–Kier alpha value is -0.860. The maximum Gasteiger partial charge on any atom is 0.108 e. The molecule has 0 saturated heterocycles. The molecule has 1 aliphatic carbocycles. The average molecular weight is 276 g/mol. The van der Waals surface area contributed by atoms with Gasteiger partial charge in [-0.1, -0.05) is 32.0 Å². The van der Waals surface area contributed by atoms with Gasteiger partial charge >= 0.3 is 0 Å². The lowest BCUT2D eigenvalue weighted by Gasteiger charge is -2.45. The van der Waals surface area contributed by atoms with Crippen LogP contribution in [0.4, 0.5) is 0 Å². The van der Waals surface area contributed by atoms with E-state index in [1.54, 1.807) is 7.11 Å². The van der Waals surface area contributed by atoms with E-state index in [0.717, 1.165) is 31.2 Å². The molecule has 1 atom stereocenters. The lowest BCUT2D eigenvalue weighted by molar-refractivity contribution is -0.138. The second-order valence-electron chi connectivity index (χ2n) is 7.18. The van der Waals surface area contributed by atoms with Gasteiger partial charge in [-0.25, -0.2) is 0 Å². The Morgan fingerprint density at radius 2 is 1.65 bits per heavy atom. The minimum Gasteiger partial charge on any atom is -0.385 e. The summed E-state index contributed by atoms with van der Waals surface area (Å²) in [6.45, 7) is 8.79. The number of aliphatic hydroxyl groups excluding tert-OH is 1. The summed E-state index contributed by atoms with van der Waals surface area (Å²) in [6, 6.07) is 6.22. The summed E-state index contributed by atoms with van der Waals surface area (Å²) >= 11 is 0. The highest BCUT2D eigenvalue weighted by atomic mass is 16.5. The smallest absolute Gasteiger partial charge is 0.108 e. The Morgan fingerprint density at radius 1 is 1.05 bits per heavy atom. The van der Waals surface area contributed by atoms with Crippen LogP contribution in [0.15, 0.2) is 18.2 Å². The van der Waals surface area contributed by atoms with Crippen LogP contribution in [0.3, 0.4) is 0 Å². The normalized spacial score (nSPS) is 22.5. The summed E-state index contributed by atoms with van der Waals surface area (Å²) in [5.74, 6) is 0. The fourth-order valence-electron chi connectivity index (χ4n) is 3.18. The molecular weight excluding hydrogens is 248 g/mol. The number of ether oxygens (including phenoxy) is 1. The van der Waals surface area contributed by atoms with Crippen molar-refractivity contribution in [2.75, 3.05) is 7.11 Å². The quantitative estimate of drug-likeness (QED) is 0.890. The monoisotopic (exact) mass is 276 g/mol. The number of methoxy groups -OCH3 is 1. The summed E-state index contributed by atoms with van der Waals surface area (Å²) in [4.78, 5) is 0. The van der Waals surface area contributed by atoms with Crippen molar-refractivity contribution >= 4 is 0 Å². The van der Waals surface area contributed by atoms with Gasteiger partial charge in [0.05, 0.1) is 5.60 Å². The van der Waals surface area contributed by atoms with Crippen molar-refractivity contribution in [1.82, 2.24) is 0 Å². The molecule has 1 aromatic carbocycles. The highest BCUT2D eigenvalue weighted by molar-refractivity contribution is 5.32. The summed E-state index contributed by atoms with van der Waals surface area (Å²) in [6.07, 6.45) is 3.50. The Bertz CT molecular complexity index is 466. The maximum absolute atomic E-state index is 10.9. The minimum atomic E-state index is -0.539. The van der Waals surface area contributed by atoms with Gasteiger partial charge in [0, 0.05) is 7.11 Å². The van der Waals surface area contributed by atoms with Gasteiger partial charge in [0.2, 0.25) is 0 Å². The number of hydrogen-bond acceptors (Lipinski definition) is 2. The maximum atomic E-state index is 10.9. The second-order valence-corrected chi connectivity index (χ2v) is 7.18. The second kappa shape index (κ2) is 5.50. The number of aliphatic hydroxyl groups is 1. The van der Waals surface area contributed by atoms with Crippen molar-refractivity contribution in [3.05, 3.63) is 34.9 Å². The molecule has 1 N–H and O–H groups in total. The van der Waals surface area contributed by atoms with Gasteiger partial charge in [-0.2, -0.15) is 0 Å². The first kappa shape index (κ1) is 15.5. The molecule has 112 valence electrons. The summed E-state index contributed by atoms with van der Waals surface area (Å²) in [5.41, 5.74) is 3.41. The number of hydrogen-bond donors (Lipinski definition) is 1. The van der Waals surface area contributed by atoms with Crippen LogP contribution in [0.1, 0.15) is 62.3 Å². The van der Waals surface area contributed by atoms with Crippen molar-refractivity contribution < 1.29 is 9.84 Å². The molecule has 1 saturated carbocycles. The Labute approximate surface area is 123 Å². The summed E-state index contributed by atoms with van der Waals surface area (Å²) in [5, 5.41) is 10.9. The first-order chi connectivity index (χ1) is 9.30. The third-order valence-corrected chi connectivity index (χ3v) is 5.20. The van der Waals surface area contributed by atoms with Gasteiger partial charge in [0.25, 0.3) is 0 Å². The molecule has 0 heterocycles. The minimum absolute atomic E-state index is 0.366. The van der Waals surface area contributed by atoms with Crippen LogP contribution >= 0.6 is 0 Å². The van der Waals surface area contributed by atoms with E-state index in [0.29, 0.717) is 5.41 Å². The molecule has 2 rings (SSSR count). The van der Waals surface area contributed by atoms with Crippen LogP contribution in [-0.2, 0) is 4.74 Å². The molecule has 1 aromatic rings. The lowest BCUT2D eigenvalue weighted by Crippen LogP contribution is -2.44. The summed E-state index contributed by atoms with van der Waals surface area (Å²) in [7, 11) is 1.74. The van der Waals surface area contributed by atoms with Gasteiger partial charge in [-0.05, 0) is 61.6 Å². The van der Waals surface area contributed by atoms with Crippen molar-refractivity contribution in [3.8, 4) is 0 Å². The predicted molar refractivity (Wildman–Crippen MR) is 82.9 cm³/mol. The van der Waals surface area contributed by atoms with Gasteiger partial charge in [0.1, 0.15) is 6.10 Å². The molecular formula is C18H28O2. The van der Waals surface area contributed by atoms with E-state index >= 15 is 0 Å². The van der Waals surface area contributed by atoms with Crippen molar-refractivity contribution in [2.45, 2.75) is 65.1 Å². The third-order valence-electron chi connectivity index (χ3n) is 5.20. The van der Waals surface area contributed by atoms with E-state index in [2.05, 4.69) is 39.8 Å². The van der Waals surface area contributed by atoms with Gasteiger partial charge in [0.15, 0.2) is 0 Å². The van der Waals surface area contributed by atoms with E-state index in [1.165, 1.54) is 11.1 Å². The molecule has 2 heteroatoms. The van der Waals surface area contributed by atoms with Crippen LogP contribution in [0.25, 0.3) is 0 Å². The number of benzene rings is 1. The molecule has 0 amide bonds. The molecule has 0 bridgehead atoms. The zero-order valence-electron chi connectivity index (χ0n) is 13.5. The Balaban J connectivity index is 2.25. The van der Waals surface area contributed by atoms with Crippen LogP contribution in [0.2, 0.25) is 0 Å². The first-order valence-electron chi connectivity index (χ1n) is 7.60. The Kier molecular flexibility index (Phi) is 4.27. The zero-order chi connectivity index (χ0) is 15.0. The van der Waals surface area contributed by atoms with E-state index < -0.39 is 11.7 Å². The van der Waals surface area contributed by atoms with Crippen molar-refractivity contribution in [3.63, 3.8) is 0 Å². The van der Waals surface area contributed by atoms with Gasteiger partial charge in [-0.15, -0.1) is 0 Å². The van der Waals surface area contributed by atoms with E-state index in [-0.39, 0.29) is 0 Å². The van der Waals surface area contributed by atoms with Crippen molar-refractivity contribution in [2.24, 2.45) is 5.41 Å². The SMILES string of the molecule is COC1(C(O)c2ccc(C)c(C)c2)CCC(C)(C)CC1. The van der Waals surface area contributed by atoms with Gasteiger partial charge < -0.3 is 9.84 Å². The molecule has 0 radical (unpaired) electrons. The molecule has 2 nitrogen and oxygen atoms in total. The topological polar surface area (TPSA) is 29.5 Å². The van der Waals surface area contributed by atoms with Crippen LogP contribution in [0.5, 0.6) is 0 Å². The number of rotatable bonds is 3. The molecule has 0 aliphatic heterocycles. The van der Waals surface area contributed by atoms with E-state index in [1.807, 2.05) is 6.07 Å².